The number of carboxylic acids is 1. The standard InChI is InChI=1S/C16H19NO5/c1-9-13-11(18)6-4-7-12(13)22-14(9)15(19)17-8-3-2-5-10(17)16(20)21/h10H,2-8H2,1H3,(H,20,21)/t10-/m1/s1. The van der Waals surface area contributed by atoms with E-state index in [0.717, 1.165) is 19.3 Å². The third-order valence-electron chi connectivity index (χ3n) is 4.55. The van der Waals surface area contributed by atoms with Crippen molar-refractivity contribution < 1.29 is 23.9 Å². The third-order valence-corrected chi connectivity index (χ3v) is 4.55. The molecule has 22 heavy (non-hydrogen) atoms. The van der Waals surface area contributed by atoms with Gasteiger partial charge in [-0.15, -0.1) is 0 Å². The fraction of sp³-hybridized carbons (Fsp3) is 0.562. The number of nitrogens with zero attached hydrogens (tertiary/aromatic N) is 1. The molecule has 1 aromatic rings. The van der Waals surface area contributed by atoms with Crippen LogP contribution in [-0.4, -0.2) is 40.3 Å². The minimum absolute atomic E-state index is 0.00924. The van der Waals surface area contributed by atoms with Crippen LogP contribution in [0.3, 0.4) is 0 Å². The summed E-state index contributed by atoms with van der Waals surface area (Å²) in [5.74, 6) is -0.686. The lowest BCUT2D eigenvalue weighted by atomic mass is 9.93. The number of carboxylic acid groups (broad SMARTS) is 1. The molecule has 0 bridgehead atoms. The highest BCUT2D eigenvalue weighted by molar-refractivity contribution is 6.04. The van der Waals surface area contributed by atoms with E-state index in [2.05, 4.69) is 0 Å². The SMILES string of the molecule is Cc1c(C(=O)N2CCCC[C@@H]2C(=O)O)oc2c1C(=O)CCC2. The van der Waals surface area contributed by atoms with E-state index in [1.807, 2.05) is 0 Å². The maximum absolute atomic E-state index is 12.7. The number of likely N-dealkylation sites (tertiary alicyclic amines) is 1. The van der Waals surface area contributed by atoms with Crippen LogP contribution in [-0.2, 0) is 11.2 Å². The van der Waals surface area contributed by atoms with Gasteiger partial charge in [-0.1, -0.05) is 0 Å². The Labute approximate surface area is 128 Å². The van der Waals surface area contributed by atoms with Crippen molar-refractivity contribution in [1.82, 2.24) is 4.90 Å². The monoisotopic (exact) mass is 305 g/mol. The van der Waals surface area contributed by atoms with Gasteiger partial charge in [0, 0.05) is 24.9 Å². The highest BCUT2D eigenvalue weighted by atomic mass is 16.4. The summed E-state index contributed by atoms with van der Waals surface area (Å²) in [6.45, 7) is 2.12. The van der Waals surface area contributed by atoms with Crippen LogP contribution in [0.25, 0.3) is 0 Å². The second kappa shape index (κ2) is 5.59. The van der Waals surface area contributed by atoms with Crippen LogP contribution in [0.2, 0.25) is 0 Å². The van der Waals surface area contributed by atoms with Gasteiger partial charge >= 0.3 is 5.97 Å². The largest absolute Gasteiger partial charge is 0.480 e. The number of hydrogen-bond donors (Lipinski definition) is 1. The smallest absolute Gasteiger partial charge is 0.326 e. The van der Waals surface area contributed by atoms with Gasteiger partial charge in [0.2, 0.25) is 0 Å². The molecule has 1 N–H and O–H groups in total. The Hall–Kier alpha value is -2.11. The van der Waals surface area contributed by atoms with Crippen molar-refractivity contribution in [2.45, 2.75) is 51.5 Å². The average molecular weight is 305 g/mol. The molecule has 3 rings (SSSR count). The Morgan fingerprint density at radius 3 is 2.68 bits per heavy atom. The lowest BCUT2D eigenvalue weighted by Gasteiger charge is -2.32. The van der Waals surface area contributed by atoms with Crippen LogP contribution in [0.15, 0.2) is 4.42 Å². The second-order valence-corrected chi connectivity index (χ2v) is 5.98. The zero-order valence-electron chi connectivity index (χ0n) is 12.6. The number of furan rings is 1. The van der Waals surface area contributed by atoms with Crippen molar-refractivity contribution in [3.63, 3.8) is 0 Å². The van der Waals surface area contributed by atoms with Crippen molar-refractivity contribution in [2.75, 3.05) is 6.54 Å². The fourth-order valence-corrected chi connectivity index (χ4v) is 3.41. The van der Waals surface area contributed by atoms with Gasteiger partial charge in [-0.25, -0.2) is 4.79 Å². The molecule has 1 atom stereocenters. The molecule has 1 fully saturated rings. The lowest BCUT2D eigenvalue weighted by Crippen LogP contribution is -2.48. The van der Waals surface area contributed by atoms with Gasteiger partial charge in [-0.2, -0.15) is 0 Å². The predicted octanol–water partition coefficient (Wildman–Crippen LogP) is 2.19. The maximum Gasteiger partial charge on any atom is 0.326 e. The number of rotatable bonds is 2. The number of Topliss-reactive ketones (excluding diaryl/α,β-unsaturated/α-hetero) is 1. The van der Waals surface area contributed by atoms with Crippen LogP contribution in [0, 0.1) is 6.92 Å². The first-order valence-corrected chi connectivity index (χ1v) is 7.70. The van der Waals surface area contributed by atoms with Gasteiger partial charge in [-0.3, -0.25) is 9.59 Å². The minimum atomic E-state index is -0.988. The number of carbonyl (C=O) groups is 3. The molecular formula is C16H19NO5. The van der Waals surface area contributed by atoms with E-state index in [1.165, 1.54) is 4.90 Å². The number of aryl methyl sites for hydroxylation is 1. The molecule has 6 nitrogen and oxygen atoms in total. The Bertz CT molecular complexity index is 645. The summed E-state index contributed by atoms with van der Waals surface area (Å²) in [5.41, 5.74) is 1.08. The molecule has 6 heteroatoms. The van der Waals surface area contributed by atoms with Crippen molar-refractivity contribution in [3.05, 3.63) is 22.6 Å². The van der Waals surface area contributed by atoms with Crippen LogP contribution in [0.4, 0.5) is 0 Å². The quantitative estimate of drug-likeness (QED) is 0.905. The van der Waals surface area contributed by atoms with Crippen molar-refractivity contribution in [1.29, 1.82) is 0 Å². The maximum atomic E-state index is 12.7. The van der Waals surface area contributed by atoms with E-state index >= 15 is 0 Å². The molecule has 2 heterocycles. The van der Waals surface area contributed by atoms with Gasteiger partial charge in [0.1, 0.15) is 11.8 Å². The number of piperidine rings is 1. The predicted molar refractivity (Wildman–Crippen MR) is 77.0 cm³/mol. The molecule has 0 saturated carbocycles. The molecule has 1 aliphatic carbocycles. The second-order valence-electron chi connectivity index (χ2n) is 5.98. The van der Waals surface area contributed by atoms with Crippen molar-refractivity contribution in [3.8, 4) is 0 Å². The zero-order valence-corrected chi connectivity index (χ0v) is 12.6. The molecular weight excluding hydrogens is 286 g/mol. The number of aliphatic carboxylic acids is 1. The van der Waals surface area contributed by atoms with E-state index in [-0.39, 0.29) is 11.5 Å². The van der Waals surface area contributed by atoms with Crippen molar-refractivity contribution >= 4 is 17.7 Å². The first-order valence-electron chi connectivity index (χ1n) is 7.70. The molecule has 118 valence electrons. The Balaban J connectivity index is 1.95. The van der Waals surface area contributed by atoms with E-state index in [0.29, 0.717) is 42.7 Å². The topological polar surface area (TPSA) is 87.8 Å². The van der Waals surface area contributed by atoms with E-state index in [9.17, 15) is 19.5 Å². The number of amides is 1. The highest BCUT2D eigenvalue weighted by Crippen LogP contribution is 2.31. The van der Waals surface area contributed by atoms with Crippen LogP contribution in [0.5, 0.6) is 0 Å². The Kier molecular flexibility index (Phi) is 3.76. The van der Waals surface area contributed by atoms with E-state index in [1.54, 1.807) is 6.92 Å². The number of carbonyl (C=O) groups excluding carboxylic acids is 2. The molecule has 0 unspecified atom stereocenters. The summed E-state index contributed by atoms with van der Waals surface area (Å²) in [6, 6.07) is -0.807. The normalized spacial score (nSPS) is 21.6. The van der Waals surface area contributed by atoms with Crippen molar-refractivity contribution in [2.24, 2.45) is 0 Å². The molecule has 1 aromatic heterocycles. The Morgan fingerprint density at radius 2 is 2.00 bits per heavy atom. The van der Waals surface area contributed by atoms with Crippen LogP contribution in [0.1, 0.15) is 64.3 Å². The van der Waals surface area contributed by atoms with Gasteiger partial charge in [-0.05, 0) is 32.6 Å². The van der Waals surface area contributed by atoms with Crippen LogP contribution < -0.4 is 0 Å². The number of fused-ring (bicyclic) bond motifs is 1. The third kappa shape index (κ3) is 2.32. The van der Waals surface area contributed by atoms with E-state index < -0.39 is 17.9 Å². The highest BCUT2D eigenvalue weighted by Gasteiger charge is 2.36. The fourth-order valence-electron chi connectivity index (χ4n) is 3.41. The van der Waals surface area contributed by atoms with Gasteiger partial charge in [0.15, 0.2) is 11.5 Å². The summed E-state index contributed by atoms with van der Waals surface area (Å²) < 4.78 is 5.65. The molecule has 0 radical (unpaired) electrons. The number of hydrogen-bond acceptors (Lipinski definition) is 4. The first-order chi connectivity index (χ1) is 10.5. The summed E-state index contributed by atoms with van der Waals surface area (Å²) in [7, 11) is 0. The molecule has 1 saturated heterocycles. The number of ketones is 1. The van der Waals surface area contributed by atoms with Crippen LogP contribution >= 0.6 is 0 Å². The minimum Gasteiger partial charge on any atom is -0.480 e. The molecule has 1 aliphatic heterocycles. The molecule has 0 spiro atoms. The van der Waals surface area contributed by atoms with Gasteiger partial charge in [0.05, 0.1) is 5.56 Å². The van der Waals surface area contributed by atoms with Gasteiger partial charge in [0.25, 0.3) is 5.91 Å². The summed E-state index contributed by atoms with van der Waals surface area (Å²) in [6.07, 6.45) is 3.90. The lowest BCUT2D eigenvalue weighted by molar-refractivity contribution is -0.143. The summed E-state index contributed by atoms with van der Waals surface area (Å²) in [4.78, 5) is 37.5. The Morgan fingerprint density at radius 1 is 1.23 bits per heavy atom. The molecule has 2 aliphatic rings. The average Bonchev–Trinajstić information content (AvgIpc) is 2.85. The van der Waals surface area contributed by atoms with E-state index in [4.69, 9.17) is 4.42 Å². The summed E-state index contributed by atoms with van der Waals surface area (Å²) in [5, 5.41) is 9.30. The first kappa shape index (κ1) is 14.8. The summed E-state index contributed by atoms with van der Waals surface area (Å²) >= 11 is 0. The van der Waals surface area contributed by atoms with Gasteiger partial charge < -0.3 is 14.4 Å². The molecule has 1 amide bonds. The zero-order chi connectivity index (χ0) is 15.9. The molecule has 0 aromatic carbocycles.